The van der Waals surface area contributed by atoms with Crippen LogP contribution in [0.5, 0.6) is 0 Å². The number of hydrogen-bond acceptors (Lipinski definition) is 8. The number of thiazole rings is 1. The lowest BCUT2D eigenvalue weighted by molar-refractivity contribution is -0.429. The minimum atomic E-state index is -2.19. The topological polar surface area (TPSA) is 129 Å². The summed E-state index contributed by atoms with van der Waals surface area (Å²) >= 11 is 1.40. The molecule has 6 aliphatic rings. The van der Waals surface area contributed by atoms with Crippen LogP contribution in [-0.2, 0) is 26.2 Å². The SMILES string of the molecule is C=C1C(=O)[C@@]23C(CC[C@@H]1[C@H]2O)[C@@]12CO[C@@]3(O)[C@@H](O)C1C(C)(C)Cc1sc(NC(C)=O)nc12. The summed E-state index contributed by atoms with van der Waals surface area (Å²) in [5.41, 5.74) is -1.97. The van der Waals surface area contributed by atoms with E-state index in [0.717, 1.165) is 10.6 Å². The van der Waals surface area contributed by atoms with Gasteiger partial charge in [0.15, 0.2) is 10.9 Å². The van der Waals surface area contributed by atoms with Gasteiger partial charge in [-0.3, -0.25) is 9.59 Å². The lowest BCUT2D eigenvalue weighted by Crippen LogP contribution is -2.85. The first kappa shape index (κ1) is 20.9. The van der Waals surface area contributed by atoms with Crippen molar-refractivity contribution in [3.05, 3.63) is 22.7 Å². The summed E-state index contributed by atoms with van der Waals surface area (Å²) < 4.78 is 6.02. The van der Waals surface area contributed by atoms with E-state index in [9.17, 15) is 24.9 Å². The molecule has 1 amide bonds. The fourth-order valence-electron chi connectivity index (χ4n) is 8.30. The number of Topliss-reactive ketones (excluding diaryl/α,β-unsaturated/α-hetero) is 1. The van der Waals surface area contributed by atoms with Crippen LogP contribution in [0.3, 0.4) is 0 Å². The van der Waals surface area contributed by atoms with Crippen molar-refractivity contribution in [3.63, 3.8) is 0 Å². The maximum Gasteiger partial charge on any atom is 0.223 e. The molecule has 32 heavy (non-hydrogen) atoms. The van der Waals surface area contributed by atoms with Gasteiger partial charge >= 0.3 is 0 Å². The quantitative estimate of drug-likeness (QED) is 0.463. The van der Waals surface area contributed by atoms with Gasteiger partial charge in [-0.1, -0.05) is 20.4 Å². The molecule has 2 saturated heterocycles. The highest BCUT2D eigenvalue weighted by Gasteiger charge is 2.86. The molecule has 4 N–H and O–H groups in total. The Kier molecular flexibility index (Phi) is 3.84. The van der Waals surface area contributed by atoms with Crippen LogP contribution < -0.4 is 5.32 Å². The number of nitrogens with one attached hydrogen (secondary N) is 1. The van der Waals surface area contributed by atoms with Gasteiger partial charge in [0, 0.05) is 29.1 Å². The molecule has 4 bridgehead atoms. The van der Waals surface area contributed by atoms with E-state index < -0.39 is 57.8 Å². The molecule has 3 saturated carbocycles. The Hall–Kier alpha value is -1.65. The molecule has 7 rings (SSSR count). The Morgan fingerprint density at radius 1 is 1.28 bits per heavy atom. The van der Waals surface area contributed by atoms with E-state index in [1.807, 2.05) is 0 Å². The number of fused-ring (bicyclic) bond motifs is 3. The van der Waals surface area contributed by atoms with Crippen molar-refractivity contribution >= 4 is 28.2 Å². The lowest BCUT2D eigenvalue weighted by atomic mass is 9.36. The normalized spacial score (nSPS) is 47.6. The first-order chi connectivity index (χ1) is 14.9. The molecule has 8 atom stereocenters. The van der Waals surface area contributed by atoms with E-state index >= 15 is 0 Å². The highest BCUT2D eigenvalue weighted by molar-refractivity contribution is 7.15. The standard InChI is InChI=1S/C23H28N2O6S/c1-9-11-5-6-13-21-8-31-23(30,22(13,16(9)27)17(11)28)18(29)14(21)20(3,4)7-12-15(21)25-19(32-12)24-10(2)26/h11,13-14,17-18,28-30H,1,5-8H2,2-4H3,(H,24,25,26)/t11-,13?,14?,17+,18-,21-,22-,23-/m0/s1. The monoisotopic (exact) mass is 460 g/mol. The fraction of sp³-hybridized carbons (Fsp3) is 0.696. The summed E-state index contributed by atoms with van der Waals surface area (Å²) in [7, 11) is 0. The van der Waals surface area contributed by atoms with Crippen LogP contribution in [-0.4, -0.2) is 56.6 Å². The number of carbonyl (C=O) groups excluding carboxylic acids is 2. The third kappa shape index (κ3) is 1.95. The molecule has 5 fully saturated rings. The number of rotatable bonds is 1. The number of ether oxygens (including phenoxy) is 1. The molecule has 2 spiro atoms. The molecule has 4 aliphatic carbocycles. The summed E-state index contributed by atoms with van der Waals surface area (Å²) in [4.78, 5) is 31.2. The van der Waals surface area contributed by atoms with E-state index in [4.69, 9.17) is 9.72 Å². The second-order valence-corrected chi connectivity index (χ2v) is 12.1. The molecule has 0 radical (unpaired) electrons. The average Bonchev–Trinajstić information content (AvgIpc) is 3.12. The van der Waals surface area contributed by atoms with Gasteiger partial charge in [-0.2, -0.15) is 0 Å². The Bertz CT molecular complexity index is 1100. The van der Waals surface area contributed by atoms with Crippen molar-refractivity contribution in [1.29, 1.82) is 0 Å². The molecule has 1 aromatic rings. The van der Waals surface area contributed by atoms with Crippen molar-refractivity contribution in [2.45, 2.75) is 63.4 Å². The van der Waals surface area contributed by atoms with E-state index in [1.165, 1.54) is 18.3 Å². The highest BCUT2D eigenvalue weighted by Crippen LogP contribution is 2.75. The summed E-state index contributed by atoms with van der Waals surface area (Å²) in [5, 5.41) is 38.2. The number of hydrogen-bond donors (Lipinski definition) is 4. The molecule has 2 unspecified atom stereocenters. The first-order valence-electron chi connectivity index (χ1n) is 11.2. The second kappa shape index (κ2) is 5.88. The van der Waals surface area contributed by atoms with Crippen molar-refractivity contribution < 1.29 is 29.6 Å². The number of ketones is 1. The van der Waals surface area contributed by atoms with Crippen LogP contribution >= 0.6 is 11.3 Å². The van der Waals surface area contributed by atoms with Crippen molar-refractivity contribution in [2.75, 3.05) is 11.9 Å². The number of carbonyl (C=O) groups is 2. The largest absolute Gasteiger partial charge is 0.391 e. The third-order valence-corrected chi connectivity index (χ3v) is 10.1. The van der Waals surface area contributed by atoms with E-state index in [2.05, 4.69) is 25.7 Å². The van der Waals surface area contributed by atoms with Gasteiger partial charge < -0.3 is 25.4 Å². The molecule has 3 heterocycles. The maximum absolute atomic E-state index is 13.7. The predicted octanol–water partition coefficient (Wildman–Crippen LogP) is 1.14. The summed E-state index contributed by atoms with van der Waals surface area (Å²) in [5.74, 6) is -4.17. The number of aliphatic hydroxyl groups excluding tert-OH is 2. The zero-order valence-electron chi connectivity index (χ0n) is 18.3. The summed E-state index contributed by atoms with van der Waals surface area (Å²) in [6.45, 7) is 9.57. The Morgan fingerprint density at radius 3 is 2.69 bits per heavy atom. The van der Waals surface area contributed by atoms with Gasteiger partial charge in [0.2, 0.25) is 11.7 Å². The number of nitrogens with zero attached hydrogens (tertiary/aromatic N) is 1. The Morgan fingerprint density at radius 2 is 2.00 bits per heavy atom. The molecule has 2 aliphatic heterocycles. The van der Waals surface area contributed by atoms with Gasteiger partial charge in [-0.05, 0) is 36.2 Å². The summed E-state index contributed by atoms with van der Waals surface area (Å²) in [6.07, 6.45) is -0.781. The van der Waals surface area contributed by atoms with E-state index in [1.54, 1.807) is 0 Å². The minimum absolute atomic E-state index is 0.0917. The number of aliphatic hydroxyl groups is 3. The fourth-order valence-corrected chi connectivity index (χ4v) is 9.64. The van der Waals surface area contributed by atoms with E-state index in [0.29, 0.717) is 30.0 Å². The van der Waals surface area contributed by atoms with Gasteiger partial charge in [0.25, 0.3) is 0 Å². The molecule has 1 aromatic heterocycles. The van der Waals surface area contributed by atoms with Crippen LogP contribution in [0.2, 0.25) is 0 Å². The minimum Gasteiger partial charge on any atom is -0.391 e. The molecule has 8 nitrogen and oxygen atoms in total. The Balaban J connectivity index is 1.65. The predicted molar refractivity (Wildman–Crippen MR) is 115 cm³/mol. The second-order valence-electron chi connectivity index (χ2n) is 11.0. The third-order valence-electron chi connectivity index (χ3n) is 9.18. The number of anilines is 1. The molecule has 9 heteroatoms. The van der Waals surface area contributed by atoms with Gasteiger partial charge in [0.1, 0.15) is 11.5 Å². The van der Waals surface area contributed by atoms with Crippen LogP contribution in [0.4, 0.5) is 5.13 Å². The van der Waals surface area contributed by atoms with Crippen LogP contribution in [0.1, 0.15) is 44.2 Å². The van der Waals surface area contributed by atoms with Crippen LogP contribution in [0, 0.1) is 28.6 Å². The molecule has 172 valence electrons. The molecular formula is C23H28N2O6S. The number of amides is 1. The summed E-state index contributed by atoms with van der Waals surface area (Å²) in [6, 6.07) is 0. The van der Waals surface area contributed by atoms with Gasteiger partial charge in [0.05, 0.1) is 18.4 Å². The van der Waals surface area contributed by atoms with Crippen molar-refractivity contribution in [3.8, 4) is 0 Å². The smallest absolute Gasteiger partial charge is 0.223 e. The van der Waals surface area contributed by atoms with Crippen LogP contribution in [0.15, 0.2) is 12.2 Å². The molecule has 0 aromatic carbocycles. The number of aromatic nitrogens is 1. The van der Waals surface area contributed by atoms with Crippen molar-refractivity contribution in [1.82, 2.24) is 4.98 Å². The lowest BCUT2D eigenvalue weighted by Gasteiger charge is -2.73. The first-order valence-corrected chi connectivity index (χ1v) is 12.0. The maximum atomic E-state index is 13.7. The highest BCUT2D eigenvalue weighted by atomic mass is 32.1. The molecular weight excluding hydrogens is 432 g/mol. The van der Waals surface area contributed by atoms with E-state index in [-0.39, 0.29) is 12.5 Å². The Labute approximate surface area is 189 Å². The van der Waals surface area contributed by atoms with Gasteiger partial charge in [-0.15, -0.1) is 11.3 Å². The van der Waals surface area contributed by atoms with Crippen molar-refractivity contribution in [2.24, 2.45) is 28.6 Å². The zero-order chi connectivity index (χ0) is 23.0. The zero-order valence-corrected chi connectivity index (χ0v) is 19.2. The van der Waals surface area contributed by atoms with Gasteiger partial charge in [-0.25, -0.2) is 4.98 Å². The average molecular weight is 461 g/mol. The van der Waals surface area contributed by atoms with Crippen LogP contribution in [0.25, 0.3) is 0 Å².